The van der Waals surface area contributed by atoms with Gasteiger partial charge in [0.05, 0.1) is 5.02 Å². The third kappa shape index (κ3) is 2.97. The molecule has 0 aliphatic rings. The first-order chi connectivity index (χ1) is 6.63. The van der Waals surface area contributed by atoms with E-state index in [0.29, 0.717) is 15.8 Å². The van der Waals surface area contributed by atoms with Crippen LogP contribution in [0.25, 0.3) is 0 Å². The lowest BCUT2D eigenvalue weighted by Gasteiger charge is -2.06. The van der Waals surface area contributed by atoms with E-state index >= 15 is 0 Å². The van der Waals surface area contributed by atoms with E-state index in [1.54, 1.807) is 18.2 Å². The van der Waals surface area contributed by atoms with Gasteiger partial charge in [-0.15, -0.1) is 0 Å². The summed E-state index contributed by atoms with van der Waals surface area (Å²) in [5, 5.41) is 4.21. The van der Waals surface area contributed by atoms with Crippen molar-refractivity contribution in [3.8, 4) is 5.75 Å². The van der Waals surface area contributed by atoms with E-state index in [0.717, 1.165) is 0 Å². The number of amidine groups is 1. The highest BCUT2D eigenvalue weighted by atomic mass is 35.5. The fourth-order valence-electron chi connectivity index (χ4n) is 0.781. The number of benzene rings is 1. The van der Waals surface area contributed by atoms with E-state index < -0.39 is 0 Å². The smallest absolute Gasteiger partial charge is 0.157 e. The average molecular weight is 234 g/mol. The van der Waals surface area contributed by atoms with E-state index in [1.807, 2.05) is 0 Å². The van der Waals surface area contributed by atoms with Gasteiger partial charge >= 0.3 is 0 Å². The van der Waals surface area contributed by atoms with Crippen molar-refractivity contribution in [2.75, 3.05) is 6.61 Å². The fourth-order valence-corrected chi connectivity index (χ4v) is 1.24. The van der Waals surface area contributed by atoms with Crippen LogP contribution in [0.2, 0.25) is 10.0 Å². The minimum absolute atomic E-state index is 0.0951. The average Bonchev–Trinajstić information content (AvgIpc) is 2.16. The van der Waals surface area contributed by atoms with Gasteiger partial charge in [0.2, 0.25) is 0 Å². The zero-order valence-electron chi connectivity index (χ0n) is 7.21. The molecule has 76 valence electrons. The number of nitrogens with zero attached hydrogens (tertiary/aromatic N) is 1. The number of hydrazone groups is 1. The highest BCUT2D eigenvalue weighted by molar-refractivity contribution is 6.35. The van der Waals surface area contributed by atoms with Crippen molar-refractivity contribution < 1.29 is 4.74 Å². The number of hydrogen-bond acceptors (Lipinski definition) is 3. The molecule has 1 aromatic carbocycles. The summed E-state index contributed by atoms with van der Waals surface area (Å²) >= 11 is 11.5. The van der Waals surface area contributed by atoms with Gasteiger partial charge < -0.3 is 16.3 Å². The standard InChI is InChI=1S/C8H9Cl2N3O/c9-5-1-2-7(6(10)3-5)14-4-8(11)13-12/h1-3H,4,12H2,(H2,11,13). The van der Waals surface area contributed by atoms with Crippen molar-refractivity contribution in [2.24, 2.45) is 16.7 Å². The molecule has 0 aliphatic heterocycles. The topological polar surface area (TPSA) is 73.6 Å². The summed E-state index contributed by atoms with van der Waals surface area (Å²) in [4.78, 5) is 0. The minimum atomic E-state index is 0.0951. The minimum Gasteiger partial charge on any atom is -0.484 e. The lowest BCUT2D eigenvalue weighted by atomic mass is 10.3. The molecule has 0 heterocycles. The van der Waals surface area contributed by atoms with Crippen LogP contribution in [0.4, 0.5) is 0 Å². The lowest BCUT2D eigenvalue weighted by molar-refractivity contribution is 0.375. The summed E-state index contributed by atoms with van der Waals surface area (Å²) in [5.41, 5.74) is 5.33. The fraction of sp³-hybridized carbons (Fsp3) is 0.125. The van der Waals surface area contributed by atoms with Crippen LogP contribution in [0.5, 0.6) is 5.75 Å². The zero-order valence-corrected chi connectivity index (χ0v) is 8.72. The quantitative estimate of drug-likeness (QED) is 0.361. The summed E-state index contributed by atoms with van der Waals surface area (Å²) < 4.78 is 5.22. The van der Waals surface area contributed by atoms with Crippen molar-refractivity contribution in [1.29, 1.82) is 0 Å². The molecule has 0 unspecified atom stereocenters. The van der Waals surface area contributed by atoms with Gasteiger partial charge in [0.25, 0.3) is 0 Å². The molecule has 14 heavy (non-hydrogen) atoms. The van der Waals surface area contributed by atoms with E-state index in [9.17, 15) is 0 Å². The van der Waals surface area contributed by atoms with E-state index in [1.165, 1.54) is 0 Å². The van der Waals surface area contributed by atoms with Gasteiger partial charge in [-0.3, -0.25) is 0 Å². The third-order valence-corrected chi connectivity index (χ3v) is 1.97. The molecule has 0 amide bonds. The normalized spacial score (nSPS) is 11.4. The van der Waals surface area contributed by atoms with E-state index in [2.05, 4.69) is 5.10 Å². The maximum Gasteiger partial charge on any atom is 0.157 e. The molecular formula is C8H9Cl2N3O. The number of hydrogen-bond donors (Lipinski definition) is 2. The number of nitrogens with two attached hydrogens (primary N) is 2. The second-order valence-electron chi connectivity index (χ2n) is 2.48. The lowest BCUT2D eigenvalue weighted by Crippen LogP contribution is -2.22. The maximum atomic E-state index is 5.83. The second kappa shape index (κ2) is 4.93. The first-order valence-corrected chi connectivity index (χ1v) is 4.49. The molecule has 0 atom stereocenters. The summed E-state index contributed by atoms with van der Waals surface area (Å²) in [6.07, 6.45) is 0. The van der Waals surface area contributed by atoms with Gasteiger partial charge in [-0.05, 0) is 18.2 Å². The summed E-state index contributed by atoms with van der Waals surface area (Å²) in [7, 11) is 0. The molecule has 0 bridgehead atoms. The molecule has 0 saturated heterocycles. The van der Waals surface area contributed by atoms with E-state index in [4.69, 9.17) is 39.5 Å². The summed E-state index contributed by atoms with van der Waals surface area (Å²) in [5.74, 6) is 5.61. The summed E-state index contributed by atoms with van der Waals surface area (Å²) in [6.45, 7) is 0.0951. The highest BCUT2D eigenvalue weighted by Crippen LogP contribution is 2.27. The van der Waals surface area contributed by atoms with Crippen LogP contribution < -0.4 is 16.3 Å². The molecular weight excluding hydrogens is 225 g/mol. The van der Waals surface area contributed by atoms with Gasteiger partial charge in [0.15, 0.2) is 5.84 Å². The van der Waals surface area contributed by atoms with Crippen molar-refractivity contribution in [3.63, 3.8) is 0 Å². The third-order valence-electron chi connectivity index (χ3n) is 1.44. The van der Waals surface area contributed by atoms with Gasteiger partial charge in [0, 0.05) is 5.02 Å². The molecule has 1 aromatic rings. The largest absolute Gasteiger partial charge is 0.484 e. The highest BCUT2D eigenvalue weighted by Gasteiger charge is 2.02. The molecule has 0 aliphatic carbocycles. The van der Waals surface area contributed by atoms with Crippen LogP contribution in [0.1, 0.15) is 0 Å². The number of halogens is 2. The Labute approximate surface area is 91.4 Å². The molecule has 4 N–H and O–H groups in total. The Bertz CT molecular complexity index is 354. The Morgan fingerprint density at radius 1 is 1.43 bits per heavy atom. The molecule has 0 saturated carbocycles. The Balaban J connectivity index is 2.68. The maximum absolute atomic E-state index is 5.83. The van der Waals surface area contributed by atoms with Gasteiger partial charge in [-0.2, -0.15) is 5.10 Å². The Morgan fingerprint density at radius 2 is 2.14 bits per heavy atom. The van der Waals surface area contributed by atoms with Crippen molar-refractivity contribution in [2.45, 2.75) is 0 Å². The molecule has 0 spiro atoms. The number of ether oxygens (including phenoxy) is 1. The first-order valence-electron chi connectivity index (χ1n) is 3.73. The van der Waals surface area contributed by atoms with Gasteiger partial charge in [-0.25, -0.2) is 0 Å². The monoisotopic (exact) mass is 233 g/mol. The van der Waals surface area contributed by atoms with Crippen molar-refractivity contribution in [1.82, 2.24) is 0 Å². The van der Waals surface area contributed by atoms with Gasteiger partial charge in [-0.1, -0.05) is 23.2 Å². The molecule has 4 nitrogen and oxygen atoms in total. The van der Waals surface area contributed by atoms with Crippen LogP contribution in [0, 0.1) is 0 Å². The molecule has 0 radical (unpaired) electrons. The predicted octanol–water partition coefficient (Wildman–Crippen LogP) is 1.60. The Morgan fingerprint density at radius 3 is 2.71 bits per heavy atom. The van der Waals surface area contributed by atoms with E-state index in [-0.39, 0.29) is 12.4 Å². The molecule has 0 fully saturated rings. The zero-order chi connectivity index (χ0) is 10.6. The first kappa shape index (κ1) is 10.9. The Hall–Kier alpha value is -1.13. The van der Waals surface area contributed by atoms with Crippen molar-refractivity contribution in [3.05, 3.63) is 28.2 Å². The van der Waals surface area contributed by atoms with Gasteiger partial charge in [0.1, 0.15) is 12.4 Å². The summed E-state index contributed by atoms with van der Waals surface area (Å²) in [6, 6.07) is 4.89. The second-order valence-corrected chi connectivity index (χ2v) is 3.33. The van der Waals surface area contributed by atoms with Crippen LogP contribution in [0.15, 0.2) is 23.3 Å². The van der Waals surface area contributed by atoms with Crippen LogP contribution in [0.3, 0.4) is 0 Å². The van der Waals surface area contributed by atoms with Crippen LogP contribution >= 0.6 is 23.2 Å². The predicted molar refractivity (Wildman–Crippen MR) is 57.8 cm³/mol. The van der Waals surface area contributed by atoms with Crippen molar-refractivity contribution >= 4 is 29.0 Å². The molecule has 1 rings (SSSR count). The molecule has 6 heteroatoms. The Kier molecular flexibility index (Phi) is 3.85. The van der Waals surface area contributed by atoms with Crippen LogP contribution in [-0.4, -0.2) is 12.4 Å². The number of rotatable bonds is 3. The van der Waals surface area contributed by atoms with Crippen LogP contribution in [-0.2, 0) is 0 Å². The SMILES string of the molecule is N/N=C(\N)COc1ccc(Cl)cc1Cl. The molecule has 0 aromatic heterocycles.